The first kappa shape index (κ1) is 10.9. The average Bonchev–Trinajstić information content (AvgIpc) is 1.94. The lowest BCUT2D eigenvalue weighted by Gasteiger charge is -1.97. The monoisotopic (exact) mass is 186 g/mol. The number of aryl methyl sites for hydroxylation is 1. The molecule has 0 aromatic carbocycles. The average molecular weight is 187 g/mol. The third kappa shape index (κ3) is 1.95. The molecule has 3 nitrogen and oxygen atoms in total. The fourth-order valence-electron chi connectivity index (χ4n) is 0.951. The zero-order valence-corrected chi connectivity index (χ0v) is 7.80. The van der Waals surface area contributed by atoms with Crippen LogP contribution in [0.4, 0.5) is 0 Å². The minimum Gasteiger partial charge on any atom is -1.00 e. The van der Waals surface area contributed by atoms with Gasteiger partial charge in [-0.2, -0.15) is 0 Å². The number of nitrogens with zero attached hydrogens (tertiary/aromatic N) is 1. The van der Waals surface area contributed by atoms with Crippen molar-refractivity contribution in [1.29, 1.82) is 0 Å². The Kier molecular flexibility index (Phi) is 3.70. The summed E-state index contributed by atoms with van der Waals surface area (Å²) in [5.41, 5.74) is 6.60. The van der Waals surface area contributed by atoms with E-state index < -0.39 is 0 Å². The molecule has 0 aliphatic carbocycles. The number of halogens is 1. The van der Waals surface area contributed by atoms with Gasteiger partial charge in [0, 0.05) is 13.0 Å². The number of rotatable bonds is 1. The van der Waals surface area contributed by atoms with Crippen LogP contribution in [0.1, 0.15) is 16.1 Å². The number of carbonyl (C=O) groups is 1. The fourth-order valence-corrected chi connectivity index (χ4v) is 0.951. The van der Waals surface area contributed by atoms with Gasteiger partial charge in [0.05, 0.1) is 0 Å². The van der Waals surface area contributed by atoms with Gasteiger partial charge in [-0.15, -0.1) is 0 Å². The van der Waals surface area contributed by atoms with Crippen LogP contribution in [0.3, 0.4) is 0 Å². The molecule has 0 saturated carbocycles. The van der Waals surface area contributed by atoms with Gasteiger partial charge in [0.15, 0.2) is 11.9 Å². The lowest BCUT2D eigenvalue weighted by molar-refractivity contribution is -0.677. The lowest BCUT2D eigenvalue weighted by Crippen LogP contribution is -3.00. The maximum Gasteiger partial charge on any atom is 0.255 e. The van der Waals surface area contributed by atoms with Gasteiger partial charge in [-0.25, -0.2) is 4.57 Å². The third-order valence-corrected chi connectivity index (χ3v) is 1.76. The molecule has 0 spiro atoms. The number of amides is 1. The van der Waals surface area contributed by atoms with Gasteiger partial charge >= 0.3 is 0 Å². The quantitative estimate of drug-likeness (QED) is 0.465. The Morgan fingerprint density at radius 3 is 2.58 bits per heavy atom. The molecular weight excluding hydrogens is 176 g/mol. The molecule has 0 radical (unpaired) electrons. The van der Waals surface area contributed by atoms with Crippen molar-refractivity contribution < 1.29 is 21.8 Å². The SMILES string of the molecule is Cc1c(C(N)=O)ccc[n+]1C.[Cl-]. The Balaban J connectivity index is 0.00000121. The smallest absolute Gasteiger partial charge is 0.255 e. The van der Waals surface area contributed by atoms with E-state index in [0.717, 1.165) is 5.69 Å². The largest absolute Gasteiger partial charge is 1.00 e. The van der Waals surface area contributed by atoms with Gasteiger partial charge < -0.3 is 18.1 Å². The molecule has 0 aliphatic rings. The zero-order chi connectivity index (χ0) is 8.43. The number of hydrogen-bond acceptors (Lipinski definition) is 1. The minimum atomic E-state index is -0.376. The highest BCUT2D eigenvalue weighted by atomic mass is 35.5. The van der Waals surface area contributed by atoms with E-state index in [9.17, 15) is 4.79 Å². The summed E-state index contributed by atoms with van der Waals surface area (Å²) in [6.07, 6.45) is 1.88. The van der Waals surface area contributed by atoms with Crippen molar-refractivity contribution in [2.24, 2.45) is 12.8 Å². The van der Waals surface area contributed by atoms with Crippen LogP contribution >= 0.6 is 0 Å². The Morgan fingerprint density at radius 2 is 2.17 bits per heavy atom. The van der Waals surface area contributed by atoms with Gasteiger partial charge in [0.1, 0.15) is 12.6 Å². The van der Waals surface area contributed by atoms with Crippen LogP contribution < -0.4 is 22.7 Å². The molecule has 0 fully saturated rings. The van der Waals surface area contributed by atoms with E-state index in [0.29, 0.717) is 5.56 Å². The van der Waals surface area contributed by atoms with Crippen molar-refractivity contribution in [3.63, 3.8) is 0 Å². The summed E-state index contributed by atoms with van der Waals surface area (Å²) in [6.45, 7) is 1.86. The molecule has 12 heavy (non-hydrogen) atoms. The number of hydrogen-bond donors (Lipinski definition) is 1. The number of aromatic nitrogens is 1. The van der Waals surface area contributed by atoms with Crippen LogP contribution in [-0.4, -0.2) is 5.91 Å². The third-order valence-electron chi connectivity index (χ3n) is 1.76. The van der Waals surface area contributed by atoms with Crippen LogP contribution in [0.2, 0.25) is 0 Å². The molecule has 0 unspecified atom stereocenters. The first-order chi connectivity index (χ1) is 5.13. The molecule has 66 valence electrons. The molecule has 0 aliphatic heterocycles. The summed E-state index contributed by atoms with van der Waals surface area (Å²) in [5.74, 6) is -0.376. The van der Waals surface area contributed by atoms with E-state index in [1.807, 2.05) is 24.7 Å². The highest BCUT2D eigenvalue weighted by Crippen LogP contribution is 1.98. The number of carbonyl (C=O) groups excluding carboxylic acids is 1. The molecule has 1 rings (SSSR count). The van der Waals surface area contributed by atoms with E-state index in [1.165, 1.54) is 0 Å². The summed E-state index contributed by atoms with van der Waals surface area (Å²) in [5, 5.41) is 0. The molecule has 0 saturated heterocycles. The van der Waals surface area contributed by atoms with E-state index >= 15 is 0 Å². The summed E-state index contributed by atoms with van der Waals surface area (Å²) < 4.78 is 1.86. The maximum atomic E-state index is 10.8. The van der Waals surface area contributed by atoms with Crippen molar-refractivity contribution >= 4 is 5.91 Å². The van der Waals surface area contributed by atoms with Crippen molar-refractivity contribution in [3.05, 3.63) is 29.6 Å². The number of nitrogens with two attached hydrogens (primary N) is 1. The first-order valence-electron chi connectivity index (χ1n) is 3.38. The number of pyridine rings is 1. The van der Waals surface area contributed by atoms with Crippen molar-refractivity contribution in [2.75, 3.05) is 0 Å². The molecule has 0 bridgehead atoms. The second-order valence-electron chi connectivity index (χ2n) is 2.48. The minimum absolute atomic E-state index is 0. The highest BCUT2D eigenvalue weighted by molar-refractivity contribution is 5.93. The molecule has 2 N–H and O–H groups in total. The first-order valence-corrected chi connectivity index (χ1v) is 3.38. The van der Waals surface area contributed by atoms with Crippen molar-refractivity contribution in [3.8, 4) is 0 Å². The number of primary amides is 1. The summed E-state index contributed by atoms with van der Waals surface area (Å²) in [7, 11) is 1.88. The van der Waals surface area contributed by atoms with Crippen LogP contribution in [0.25, 0.3) is 0 Å². The van der Waals surface area contributed by atoms with Crippen LogP contribution in [0.5, 0.6) is 0 Å². The van der Waals surface area contributed by atoms with E-state index in [1.54, 1.807) is 12.1 Å². The van der Waals surface area contributed by atoms with Crippen LogP contribution in [-0.2, 0) is 7.05 Å². The molecule has 1 aromatic rings. The molecule has 4 heteroatoms. The summed E-state index contributed by atoms with van der Waals surface area (Å²) >= 11 is 0. The van der Waals surface area contributed by atoms with Crippen molar-refractivity contribution in [1.82, 2.24) is 0 Å². The predicted octanol–water partition coefficient (Wildman–Crippen LogP) is -3.08. The molecule has 1 amide bonds. The van der Waals surface area contributed by atoms with Gasteiger partial charge in [-0.05, 0) is 6.07 Å². The van der Waals surface area contributed by atoms with Gasteiger partial charge in [0.25, 0.3) is 5.91 Å². The van der Waals surface area contributed by atoms with Gasteiger partial charge in [-0.1, -0.05) is 0 Å². The molecule has 1 heterocycles. The maximum absolute atomic E-state index is 10.8. The Hall–Kier alpha value is -1.09. The van der Waals surface area contributed by atoms with E-state index in [2.05, 4.69) is 0 Å². The lowest BCUT2D eigenvalue weighted by atomic mass is 10.2. The summed E-state index contributed by atoms with van der Waals surface area (Å²) in [6, 6.07) is 3.52. The second-order valence-corrected chi connectivity index (χ2v) is 2.48. The fraction of sp³-hybridized carbons (Fsp3) is 0.250. The molecular formula is C8H11ClN2O. The van der Waals surface area contributed by atoms with Crippen molar-refractivity contribution in [2.45, 2.75) is 6.92 Å². The Labute approximate surface area is 77.6 Å². The van der Waals surface area contributed by atoms with Gasteiger partial charge in [0.2, 0.25) is 0 Å². The van der Waals surface area contributed by atoms with E-state index in [4.69, 9.17) is 5.73 Å². The van der Waals surface area contributed by atoms with E-state index in [-0.39, 0.29) is 18.3 Å². The predicted molar refractivity (Wildman–Crippen MR) is 40.9 cm³/mol. The Bertz CT molecular complexity index is 299. The van der Waals surface area contributed by atoms with Crippen LogP contribution in [0, 0.1) is 6.92 Å². The highest BCUT2D eigenvalue weighted by Gasteiger charge is 2.10. The Morgan fingerprint density at radius 1 is 1.58 bits per heavy atom. The van der Waals surface area contributed by atoms with Crippen LogP contribution in [0.15, 0.2) is 18.3 Å². The second kappa shape index (κ2) is 4.07. The summed E-state index contributed by atoms with van der Waals surface area (Å²) in [4.78, 5) is 10.8. The topological polar surface area (TPSA) is 47.0 Å². The zero-order valence-electron chi connectivity index (χ0n) is 7.04. The molecule has 1 aromatic heterocycles. The standard InChI is InChI=1S/C8H10N2O.ClH/c1-6-7(8(9)11)4-3-5-10(6)2;/h3-5H,1-2H3,(H-,9,11);1H. The normalized spacial score (nSPS) is 8.83. The molecule has 0 atom stereocenters. The van der Waals surface area contributed by atoms with Gasteiger partial charge in [-0.3, -0.25) is 4.79 Å².